The summed E-state index contributed by atoms with van der Waals surface area (Å²) in [6, 6.07) is 4.50. The third-order valence-electron chi connectivity index (χ3n) is 6.28. The SMILES string of the molecule is Cc1ccc(C(=O)NC[C@@H]2CCCN3CCCC[C@@H]23)c(-n2cnnn2)c1C. The van der Waals surface area contributed by atoms with Gasteiger partial charge < -0.3 is 10.2 Å². The topological polar surface area (TPSA) is 75.9 Å². The van der Waals surface area contributed by atoms with Gasteiger partial charge in [-0.25, -0.2) is 0 Å². The lowest BCUT2D eigenvalue weighted by Crippen LogP contribution is -2.51. The number of nitrogens with one attached hydrogen (secondary N) is 1. The minimum atomic E-state index is -0.0449. The van der Waals surface area contributed by atoms with Crippen molar-refractivity contribution in [3.8, 4) is 5.69 Å². The van der Waals surface area contributed by atoms with Gasteiger partial charge in [-0.15, -0.1) is 5.10 Å². The van der Waals surface area contributed by atoms with Gasteiger partial charge in [0.15, 0.2) is 0 Å². The molecule has 4 rings (SSSR count). The van der Waals surface area contributed by atoms with Crippen molar-refractivity contribution in [2.75, 3.05) is 19.6 Å². The molecule has 2 aliphatic rings. The number of carbonyl (C=O) groups excluding carboxylic acids is 1. The largest absolute Gasteiger partial charge is 0.352 e. The first kappa shape index (κ1) is 18.1. The maximum atomic E-state index is 13.0. The first-order chi connectivity index (χ1) is 13.1. The highest BCUT2D eigenvalue weighted by molar-refractivity contribution is 5.98. The van der Waals surface area contributed by atoms with Gasteiger partial charge in [0.25, 0.3) is 5.91 Å². The number of nitrogens with zero attached hydrogens (tertiary/aromatic N) is 5. The predicted molar refractivity (Wildman–Crippen MR) is 103 cm³/mol. The van der Waals surface area contributed by atoms with E-state index in [1.807, 2.05) is 26.0 Å². The van der Waals surface area contributed by atoms with Crippen LogP contribution >= 0.6 is 0 Å². The summed E-state index contributed by atoms with van der Waals surface area (Å²) in [5, 5.41) is 14.7. The maximum Gasteiger partial charge on any atom is 0.253 e. The summed E-state index contributed by atoms with van der Waals surface area (Å²) >= 11 is 0. The molecule has 27 heavy (non-hydrogen) atoms. The molecule has 2 aliphatic heterocycles. The number of aryl methyl sites for hydroxylation is 1. The van der Waals surface area contributed by atoms with E-state index in [0.29, 0.717) is 17.5 Å². The lowest BCUT2D eigenvalue weighted by molar-refractivity contribution is 0.0575. The van der Waals surface area contributed by atoms with Crippen molar-refractivity contribution in [3.63, 3.8) is 0 Å². The van der Waals surface area contributed by atoms with Crippen LogP contribution in [-0.4, -0.2) is 56.7 Å². The Kier molecular flexibility index (Phi) is 5.20. The third kappa shape index (κ3) is 3.60. The number of aromatic nitrogens is 4. The van der Waals surface area contributed by atoms with Crippen LogP contribution in [0, 0.1) is 19.8 Å². The molecule has 7 nitrogen and oxygen atoms in total. The summed E-state index contributed by atoms with van der Waals surface area (Å²) in [5.41, 5.74) is 3.52. The zero-order valence-electron chi connectivity index (χ0n) is 16.2. The maximum absolute atomic E-state index is 13.0. The molecule has 144 valence electrons. The normalized spacial score (nSPS) is 23.0. The molecule has 2 saturated heterocycles. The lowest BCUT2D eigenvalue weighted by atomic mass is 9.83. The van der Waals surface area contributed by atoms with Gasteiger partial charge in [-0.3, -0.25) is 4.79 Å². The summed E-state index contributed by atoms with van der Waals surface area (Å²) in [6.07, 6.45) is 7.87. The molecule has 1 aromatic carbocycles. The van der Waals surface area contributed by atoms with E-state index in [4.69, 9.17) is 0 Å². The van der Waals surface area contributed by atoms with Crippen molar-refractivity contribution in [1.29, 1.82) is 0 Å². The van der Waals surface area contributed by atoms with Crippen LogP contribution in [0.3, 0.4) is 0 Å². The van der Waals surface area contributed by atoms with Gasteiger partial charge in [-0.05, 0) is 86.2 Å². The zero-order chi connectivity index (χ0) is 18.8. The number of hydrogen-bond acceptors (Lipinski definition) is 5. The Hall–Kier alpha value is -2.28. The Morgan fingerprint density at radius 1 is 1.19 bits per heavy atom. The zero-order valence-corrected chi connectivity index (χ0v) is 16.2. The van der Waals surface area contributed by atoms with Crippen LogP contribution in [0.1, 0.15) is 53.6 Å². The Morgan fingerprint density at radius 2 is 2.04 bits per heavy atom. The van der Waals surface area contributed by atoms with E-state index in [-0.39, 0.29) is 5.91 Å². The molecule has 3 heterocycles. The summed E-state index contributed by atoms with van der Waals surface area (Å²) < 4.78 is 1.58. The average molecular weight is 368 g/mol. The van der Waals surface area contributed by atoms with Crippen molar-refractivity contribution in [2.45, 2.75) is 52.0 Å². The number of hydrogen-bond donors (Lipinski definition) is 1. The van der Waals surface area contributed by atoms with Crippen molar-refractivity contribution < 1.29 is 4.79 Å². The van der Waals surface area contributed by atoms with E-state index in [0.717, 1.165) is 23.4 Å². The van der Waals surface area contributed by atoms with Gasteiger partial charge in [0.2, 0.25) is 0 Å². The van der Waals surface area contributed by atoms with Crippen LogP contribution in [0.4, 0.5) is 0 Å². The van der Waals surface area contributed by atoms with Crippen LogP contribution < -0.4 is 5.32 Å². The molecule has 2 aromatic rings. The van der Waals surface area contributed by atoms with Gasteiger partial charge in [0.1, 0.15) is 6.33 Å². The second-order valence-electron chi connectivity index (χ2n) is 7.87. The fourth-order valence-corrected chi connectivity index (χ4v) is 4.68. The summed E-state index contributed by atoms with van der Waals surface area (Å²) in [7, 11) is 0. The quantitative estimate of drug-likeness (QED) is 0.896. The standard InChI is InChI=1S/C20H28N6O/c1-14-8-9-17(19(15(14)2)26-13-22-23-24-26)20(27)21-12-16-6-5-11-25-10-4-3-7-18(16)25/h8-9,13,16,18H,3-7,10-12H2,1-2H3,(H,21,27)/t16-,18-/m0/s1. The highest BCUT2D eigenvalue weighted by Crippen LogP contribution is 2.30. The number of piperidine rings is 2. The minimum Gasteiger partial charge on any atom is -0.352 e. The number of fused-ring (bicyclic) bond motifs is 1. The van der Waals surface area contributed by atoms with E-state index in [1.165, 1.54) is 45.2 Å². The van der Waals surface area contributed by atoms with E-state index in [1.54, 1.807) is 11.0 Å². The smallest absolute Gasteiger partial charge is 0.253 e. The number of rotatable bonds is 4. The van der Waals surface area contributed by atoms with Crippen LogP contribution in [0.2, 0.25) is 0 Å². The molecule has 7 heteroatoms. The van der Waals surface area contributed by atoms with Crippen LogP contribution in [0.15, 0.2) is 18.5 Å². The third-order valence-corrected chi connectivity index (χ3v) is 6.28. The second kappa shape index (κ2) is 7.76. The molecule has 2 atom stereocenters. The minimum absolute atomic E-state index is 0.0449. The van der Waals surface area contributed by atoms with Gasteiger partial charge in [0.05, 0.1) is 11.3 Å². The molecule has 0 spiro atoms. The molecular formula is C20H28N6O. The molecule has 0 saturated carbocycles. The van der Waals surface area contributed by atoms with Crippen molar-refractivity contribution >= 4 is 5.91 Å². The molecule has 1 aromatic heterocycles. The number of carbonyl (C=O) groups is 1. The summed E-state index contributed by atoms with van der Waals surface area (Å²) in [6.45, 7) is 7.21. The molecule has 2 fully saturated rings. The van der Waals surface area contributed by atoms with E-state index in [9.17, 15) is 4.79 Å². The van der Waals surface area contributed by atoms with Gasteiger partial charge in [-0.1, -0.05) is 12.5 Å². The average Bonchev–Trinajstić information content (AvgIpc) is 3.22. The molecule has 1 amide bonds. The van der Waals surface area contributed by atoms with Crippen LogP contribution in [0.25, 0.3) is 5.69 Å². The molecule has 0 aliphatic carbocycles. The van der Waals surface area contributed by atoms with E-state index < -0.39 is 0 Å². The Balaban J connectivity index is 1.51. The van der Waals surface area contributed by atoms with Crippen LogP contribution in [-0.2, 0) is 0 Å². The first-order valence-electron chi connectivity index (χ1n) is 10.0. The van der Waals surface area contributed by atoms with Gasteiger partial charge in [0, 0.05) is 12.6 Å². The fraction of sp³-hybridized carbons (Fsp3) is 0.600. The van der Waals surface area contributed by atoms with E-state index >= 15 is 0 Å². The Bertz CT molecular complexity index is 801. The van der Waals surface area contributed by atoms with Gasteiger partial charge in [-0.2, -0.15) is 4.68 Å². The number of benzene rings is 1. The molecule has 0 bridgehead atoms. The van der Waals surface area contributed by atoms with Crippen LogP contribution in [0.5, 0.6) is 0 Å². The highest BCUT2D eigenvalue weighted by Gasteiger charge is 2.33. The Labute approximate surface area is 160 Å². The summed E-state index contributed by atoms with van der Waals surface area (Å²) in [5.74, 6) is 0.502. The second-order valence-corrected chi connectivity index (χ2v) is 7.87. The van der Waals surface area contributed by atoms with E-state index in [2.05, 4.69) is 25.7 Å². The predicted octanol–water partition coefficient (Wildman–Crippen LogP) is 2.27. The Morgan fingerprint density at radius 3 is 2.85 bits per heavy atom. The lowest BCUT2D eigenvalue weighted by Gasteiger charge is -2.44. The fourth-order valence-electron chi connectivity index (χ4n) is 4.68. The number of amides is 1. The molecular weight excluding hydrogens is 340 g/mol. The molecule has 1 N–H and O–H groups in total. The molecule has 0 radical (unpaired) electrons. The monoisotopic (exact) mass is 368 g/mol. The highest BCUT2D eigenvalue weighted by atomic mass is 16.1. The van der Waals surface area contributed by atoms with Crippen molar-refractivity contribution in [3.05, 3.63) is 35.2 Å². The van der Waals surface area contributed by atoms with Crippen molar-refractivity contribution in [2.24, 2.45) is 5.92 Å². The summed E-state index contributed by atoms with van der Waals surface area (Å²) in [4.78, 5) is 15.7. The van der Waals surface area contributed by atoms with Gasteiger partial charge >= 0.3 is 0 Å². The van der Waals surface area contributed by atoms with Crippen molar-refractivity contribution in [1.82, 2.24) is 30.4 Å². The first-order valence-corrected chi connectivity index (χ1v) is 10.0. The molecule has 0 unspecified atom stereocenters. The number of tetrazole rings is 1.